The highest BCUT2D eigenvalue weighted by atomic mass is 19.1. The SMILES string of the molecule is COCCOc1nc(-c2cccc(OC)c2)n(-c2ccc(NC(=O)c3ccc(F)cc3)cc2)n1. The molecule has 9 heteroatoms. The van der Waals surface area contributed by atoms with Crippen LogP contribution in [-0.4, -0.2) is 48.1 Å². The van der Waals surface area contributed by atoms with Crippen molar-refractivity contribution >= 4 is 11.6 Å². The minimum absolute atomic E-state index is 0.212. The normalized spacial score (nSPS) is 10.7. The number of hydrogen-bond donors (Lipinski definition) is 1. The van der Waals surface area contributed by atoms with Gasteiger partial charge in [-0.05, 0) is 60.7 Å². The van der Waals surface area contributed by atoms with Crippen molar-refractivity contribution in [2.75, 3.05) is 32.8 Å². The Morgan fingerprint density at radius 2 is 1.76 bits per heavy atom. The van der Waals surface area contributed by atoms with Gasteiger partial charge in [-0.3, -0.25) is 4.79 Å². The zero-order chi connectivity index (χ0) is 23.9. The number of methoxy groups -OCH3 is 2. The van der Waals surface area contributed by atoms with E-state index >= 15 is 0 Å². The Morgan fingerprint density at radius 3 is 2.47 bits per heavy atom. The lowest BCUT2D eigenvalue weighted by molar-refractivity contribution is 0.102. The molecule has 0 bridgehead atoms. The van der Waals surface area contributed by atoms with Gasteiger partial charge in [0.05, 0.1) is 19.4 Å². The van der Waals surface area contributed by atoms with Gasteiger partial charge in [0.15, 0.2) is 5.82 Å². The second-order valence-corrected chi connectivity index (χ2v) is 7.21. The summed E-state index contributed by atoms with van der Waals surface area (Å²) in [5, 5.41) is 7.29. The summed E-state index contributed by atoms with van der Waals surface area (Å²) >= 11 is 0. The number of rotatable bonds is 9. The molecule has 0 fully saturated rings. The highest BCUT2D eigenvalue weighted by Crippen LogP contribution is 2.27. The summed E-state index contributed by atoms with van der Waals surface area (Å²) in [5.74, 6) is 0.521. The predicted molar refractivity (Wildman–Crippen MR) is 125 cm³/mol. The van der Waals surface area contributed by atoms with E-state index in [2.05, 4.69) is 15.4 Å². The van der Waals surface area contributed by atoms with Crippen molar-refractivity contribution in [1.82, 2.24) is 14.8 Å². The molecular formula is C25H23FN4O4. The van der Waals surface area contributed by atoms with Crippen LogP contribution in [0.4, 0.5) is 10.1 Å². The number of nitrogens with zero attached hydrogens (tertiary/aromatic N) is 3. The fourth-order valence-corrected chi connectivity index (χ4v) is 3.19. The van der Waals surface area contributed by atoms with Gasteiger partial charge in [-0.2, -0.15) is 4.98 Å². The third kappa shape index (κ3) is 5.38. The Balaban J connectivity index is 1.60. The van der Waals surface area contributed by atoms with Gasteiger partial charge in [0.1, 0.15) is 18.2 Å². The summed E-state index contributed by atoms with van der Waals surface area (Å²) in [6.07, 6.45) is 0. The average Bonchev–Trinajstić information content (AvgIpc) is 3.29. The van der Waals surface area contributed by atoms with Crippen LogP contribution in [0.15, 0.2) is 72.8 Å². The second-order valence-electron chi connectivity index (χ2n) is 7.21. The number of carbonyl (C=O) groups is 1. The fraction of sp³-hybridized carbons (Fsp3) is 0.160. The maximum Gasteiger partial charge on any atom is 0.336 e. The van der Waals surface area contributed by atoms with Crippen molar-refractivity contribution < 1.29 is 23.4 Å². The monoisotopic (exact) mass is 462 g/mol. The first kappa shape index (κ1) is 22.9. The lowest BCUT2D eigenvalue weighted by Gasteiger charge is -2.09. The van der Waals surface area contributed by atoms with Crippen molar-refractivity contribution in [3.63, 3.8) is 0 Å². The summed E-state index contributed by atoms with van der Waals surface area (Å²) in [4.78, 5) is 16.9. The van der Waals surface area contributed by atoms with Crippen LogP contribution in [0.1, 0.15) is 10.4 Å². The van der Waals surface area contributed by atoms with Crippen molar-refractivity contribution in [2.24, 2.45) is 0 Å². The molecule has 1 N–H and O–H groups in total. The number of ether oxygens (including phenoxy) is 3. The number of carbonyl (C=O) groups excluding carboxylic acids is 1. The van der Waals surface area contributed by atoms with Gasteiger partial charge in [0.2, 0.25) is 0 Å². The third-order valence-corrected chi connectivity index (χ3v) is 4.91. The molecule has 0 unspecified atom stereocenters. The summed E-state index contributed by atoms with van der Waals surface area (Å²) in [6.45, 7) is 0.720. The maximum absolute atomic E-state index is 13.1. The zero-order valence-electron chi connectivity index (χ0n) is 18.7. The highest BCUT2D eigenvalue weighted by Gasteiger charge is 2.16. The van der Waals surface area contributed by atoms with E-state index in [0.29, 0.717) is 41.7 Å². The Morgan fingerprint density at radius 1 is 1.00 bits per heavy atom. The summed E-state index contributed by atoms with van der Waals surface area (Å²) in [7, 11) is 3.19. The molecule has 1 heterocycles. The van der Waals surface area contributed by atoms with E-state index in [4.69, 9.17) is 14.2 Å². The molecule has 0 aliphatic rings. The van der Waals surface area contributed by atoms with Crippen LogP contribution in [0.5, 0.6) is 11.8 Å². The molecule has 1 aromatic heterocycles. The Kier molecular flexibility index (Phi) is 7.14. The molecule has 0 aliphatic heterocycles. The van der Waals surface area contributed by atoms with Gasteiger partial charge in [0.25, 0.3) is 5.91 Å². The topological polar surface area (TPSA) is 87.5 Å². The average molecular weight is 462 g/mol. The molecule has 3 aromatic carbocycles. The molecule has 0 spiro atoms. The van der Waals surface area contributed by atoms with E-state index in [0.717, 1.165) is 5.56 Å². The lowest BCUT2D eigenvalue weighted by atomic mass is 10.2. The molecule has 0 saturated heterocycles. The van der Waals surface area contributed by atoms with Crippen LogP contribution in [0.2, 0.25) is 0 Å². The largest absolute Gasteiger partial charge is 0.497 e. The number of halogens is 1. The van der Waals surface area contributed by atoms with E-state index in [1.807, 2.05) is 24.3 Å². The quantitative estimate of drug-likeness (QED) is 0.372. The Hall–Kier alpha value is -4.24. The van der Waals surface area contributed by atoms with Gasteiger partial charge in [-0.25, -0.2) is 9.07 Å². The highest BCUT2D eigenvalue weighted by molar-refractivity contribution is 6.04. The van der Waals surface area contributed by atoms with E-state index in [9.17, 15) is 9.18 Å². The van der Waals surface area contributed by atoms with E-state index in [1.54, 1.807) is 43.2 Å². The van der Waals surface area contributed by atoms with E-state index < -0.39 is 5.82 Å². The third-order valence-electron chi connectivity index (χ3n) is 4.91. The first-order chi connectivity index (χ1) is 16.6. The predicted octanol–water partition coefficient (Wildman–Crippen LogP) is 4.36. The first-order valence-electron chi connectivity index (χ1n) is 10.5. The van der Waals surface area contributed by atoms with Crippen LogP contribution in [0, 0.1) is 5.82 Å². The molecule has 4 aromatic rings. The summed E-state index contributed by atoms with van der Waals surface area (Å²) < 4.78 is 30.7. The Bertz CT molecular complexity index is 1260. The van der Waals surface area contributed by atoms with Crippen LogP contribution >= 0.6 is 0 Å². The fourth-order valence-electron chi connectivity index (χ4n) is 3.19. The first-order valence-corrected chi connectivity index (χ1v) is 10.5. The maximum atomic E-state index is 13.1. The number of aromatic nitrogens is 3. The molecule has 8 nitrogen and oxygen atoms in total. The van der Waals surface area contributed by atoms with Crippen molar-refractivity contribution in [2.45, 2.75) is 0 Å². The Labute approximate surface area is 195 Å². The number of amides is 1. The molecule has 0 radical (unpaired) electrons. The van der Waals surface area contributed by atoms with Gasteiger partial charge in [-0.15, -0.1) is 5.10 Å². The van der Waals surface area contributed by atoms with Crippen LogP contribution in [-0.2, 0) is 4.74 Å². The standard InChI is InChI=1S/C25H23FN4O4/c1-32-14-15-34-25-28-23(18-4-3-5-22(16-18)33-2)30(29-25)21-12-10-20(11-13-21)27-24(31)17-6-8-19(26)9-7-17/h3-13,16H,14-15H2,1-2H3,(H,27,31). The van der Waals surface area contributed by atoms with Gasteiger partial charge < -0.3 is 19.5 Å². The molecular weight excluding hydrogens is 439 g/mol. The van der Waals surface area contributed by atoms with Gasteiger partial charge in [-0.1, -0.05) is 12.1 Å². The molecule has 174 valence electrons. The zero-order valence-corrected chi connectivity index (χ0v) is 18.7. The molecule has 0 aliphatic carbocycles. The number of nitrogens with one attached hydrogen (secondary N) is 1. The summed E-state index contributed by atoms with van der Waals surface area (Å²) in [5.41, 5.74) is 2.45. The van der Waals surface area contributed by atoms with E-state index in [-0.39, 0.29) is 11.9 Å². The van der Waals surface area contributed by atoms with Gasteiger partial charge in [0, 0.05) is 23.9 Å². The van der Waals surface area contributed by atoms with Crippen LogP contribution in [0.25, 0.3) is 17.1 Å². The van der Waals surface area contributed by atoms with Gasteiger partial charge >= 0.3 is 6.01 Å². The van der Waals surface area contributed by atoms with Crippen molar-refractivity contribution in [1.29, 1.82) is 0 Å². The van der Waals surface area contributed by atoms with E-state index in [1.165, 1.54) is 24.3 Å². The molecule has 0 atom stereocenters. The lowest BCUT2D eigenvalue weighted by Crippen LogP contribution is -2.12. The molecule has 1 amide bonds. The second kappa shape index (κ2) is 10.6. The molecule has 34 heavy (non-hydrogen) atoms. The van der Waals surface area contributed by atoms with Crippen LogP contribution in [0.3, 0.4) is 0 Å². The van der Waals surface area contributed by atoms with Crippen LogP contribution < -0.4 is 14.8 Å². The smallest absolute Gasteiger partial charge is 0.336 e. The molecule has 0 saturated carbocycles. The summed E-state index contributed by atoms with van der Waals surface area (Å²) in [6, 6.07) is 20.1. The van der Waals surface area contributed by atoms with Crippen molar-refractivity contribution in [3.05, 3.63) is 84.2 Å². The van der Waals surface area contributed by atoms with Crippen molar-refractivity contribution in [3.8, 4) is 28.8 Å². The minimum Gasteiger partial charge on any atom is -0.497 e. The number of hydrogen-bond acceptors (Lipinski definition) is 6. The molecule has 4 rings (SSSR count). The number of benzene rings is 3. The minimum atomic E-state index is -0.397. The number of anilines is 1.